The number of hydrogen-bond acceptors (Lipinski definition) is 5. The standard InChI is InChI=1S/C22H22N4O2/c1-27-19-6-2-4-16-10-15(13-28-22(16)19)12-26-9-7-18-20(25-14-24-18)21(26)17-5-3-8-23-11-17/h2-6,8,10-11,14,21H,7,9,12-13H2,1H3,(H,24,25). The number of fused-ring (bicyclic) bond motifs is 2. The summed E-state index contributed by atoms with van der Waals surface area (Å²) in [4.78, 5) is 14.7. The number of benzene rings is 1. The van der Waals surface area contributed by atoms with Gasteiger partial charge in [-0.05, 0) is 29.3 Å². The monoisotopic (exact) mass is 374 g/mol. The van der Waals surface area contributed by atoms with Gasteiger partial charge in [-0.15, -0.1) is 0 Å². The molecule has 142 valence electrons. The molecule has 28 heavy (non-hydrogen) atoms. The number of rotatable bonds is 4. The Morgan fingerprint density at radius 3 is 3.11 bits per heavy atom. The number of aromatic amines is 1. The fourth-order valence-electron chi connectivity index (χ4n) is 4.14. The van der Waals surface area contributed by atoms with Gasteiger partial charge in [0.15, 0.2) is 11.5 Å². The maximum Gasteiger partial charge on any atom is 0.168 e. The molecule has 1 atom stereocenters. The van der Waals surface area contributed by atoms with Crippen molar-refractivity contribution >= 4 is 6.08 Å². The molecule has 4 heterocycles. The highest BCUT2D eigenvalue weighted by atomic mass is 16.5. The highest BCUT2D eigenvalue weighted by Gasteiger charge is 2.32. The van der Waals surface area contributed by atoms with Crippen LogP contribution in [0.15, 0.2) is 54.6 Å². The zero-order valence-corrected chi connectivity index (χ0v) is 15.8. The van der Waals surface area contributed by atoms with Crippen LogP contribution >= 0.6 is 0 Å². The number of H-pyrrole nitrogens is 1. The van der Waals surface area contributed by atoms with Gasteiger partial charge in [-0.25, -0.2) is 4.98 Å². The minimum absolute atomic E-state index is 0.0938. The van der Waals surface area contributed by atoms with Gasteiger partial charge < -0.3 is 14.5 Å². The summed E-state index contributed by atoms with van der Waals surface area (Å²) in [6.45, 7) is 2.34. The molecule has 5 rings (SSSR count). The topological polar surface area (TPSA) is 63.3 Å². The molecular formula is C22H22N4O2. The molecule has 6 heteroatoms. The van der Waals surface area contributed by atoms with Crippen molar-refractivity contribution in [3.05, 3.63) is 77.1 Å². The second kappa shape index (κ2) is 7.13. The third kappa shape index (κ3) is 2.96. The highest BCUT2D eigenvalue weighted by Crippen LogP contribution is 2.37. The molecule has 0 saturated carbocycles. The van der Waals surface area contributed by atoms with Crippen LogP contribution in [0.2, 0.25) is 0 Å². The summed E-state index contributed by atoms with van der Waals surface area (Å²) in [6, 6.07) is 10.2. The van der Waals surface area contributed by atoms with Crippen LogP contribution < -0.4 is 9.47 Å². The Balaban J connectivity index is 1.46. The van der Waals surface area contributed by atoms with Gasteiger partial charge in [0.1, 0.15) is 6.61 Å². The third-order valence-electron chi connectivity index (χ3n) is 5.42. The summed E-state index contributed by atoms with van der Waals surface area (Å²) in [5.74, 6) is 1.60. The van der Waals surface area contributed by atoms with E-state index in [4.69, 9.17) is 9.47 Å². The van der Waals surface area contributed by atoms with E-state index >= 15 is 0 Å². The van der Waals surface area contributed by atoms with Crippen molar-refractivity contribution in [1.29, 1.82) is 0 Å². The fraction of sp³-hybridized carbons (Fsp3) is 0.273. The van der Waals surface area contributed by atoms with E-state index in [1.807, 2.05) is 30.6 Å². The maximum atomic E-state index is 6.04. The van der Waals surface area contributed by atoms with Gasteiger partial charge in [-0.3, -0.25) is 9.88 Å². The molecule has 2 aliphatic rings. The van der Waals surface area contributed by atoms with Crippen LogP contribution in [0.4, 0.5) is 0 Å². The van der Waals surface area contributed by atoms with E-state index in [1.165, 1.54) is 11.3 Å². The second-order valence-electron chi connectivity index (χ2n) is 7.15. The van der Waals surface area contributed by atoms with Gasteiger partial charge in [-0.1, -0.05) is 18.2 Å². The zero-order valence-electron chi connectivity index (χ0n) is 15.8. The molecule has 2 aromatic heterocycles. The van der Waals surface area contributed by atoms with Crippen molar-refractivity contribution in [2.24, 2.45) is 0 Å². The number of hydrogen-bond donors (Lipinski definition) is 1. The van der Waals surface area contributed by atoms with Crippen LogP contribution in [0, 0.1) is 0 Å². The minimum Gasteiger partial charge on any atom is -0.493 e. The van der Waals surface area contributed by atoms with E-state index in [9.17, 15) is 0 Å². The van der Waals surface area contributed by atoms with Gasteiger partial charge >= 0.3 is 0 Å². The lowest BCUT2D eigenvalue weighted by molar-refractivity contribution is 0.215. The molecule has 1 aromatic carbocycles. The van der Waals surface area contributed by atoms with E-state index in [0.29, 0.717) is 6.61 Å². The lowest BCUT2D eigenvalue weighted by atomic mass is 9.95. The molecule has 0 spiro atoms. The number of methoxy groups -OCH3 is 1. The van der Waals surface area contributed by atoms with Gasteiger partial charge in [0, 0.05) is 43.2 Å². The Labute approximate surface area is 163 Å². The molecular weight excluding hydrogens is 352 g/mol. The molecule has 0 saturated heterocycles. The molecule has 3 aromatic rings. The number of aromatic nitrogens is 3. The largest absolute Gasteiger partial charge is 0.493 e. The highest BCUT2D eigenvalue weighted by molar-refractivity contribution is 5.66. The fourth-order valence-corrected chi connectivity index (χ4v) is 4.14. The van der Waals surface area contributed by atoms with E-state index in [2.05, 4.69) is 38.1 Å². The van der Waals surface area contributed by atoms with Crippen molar-refractivity contribution < 1.29 is 9.47 Å². The zero-order chi connectivity index (χ0) is 18.9. The van der Waals surface area contributed by atoms with Crippen molar-refractivity contribution in [3.63, 3.8) is 0 Å². The third-order valence-corrected chi connectivity index (χ3v) is 5.42. The average molecular weight is 374 g/mol. The van der Waals surface area contributed by atoms with E-state index in [1.54, 1.807) is 13.4 Å². The van der Waals surface area contributed by atoms with Crippen LogP contribution in [0.5, 0.6) is 11.5 Å². The van der Waals surface area contributed by atoms with Crippen LogP contribution in [0.1, 0.15) is 28.6 Å². The number of nitrogens with one attached hydrogen (secondary N) is 1. The smallest absolute Gasteiger partial charge is 0.168 e. The number of ether oxygens (including phenoxy) is 2. The lowest BCUT2D eigenvalue weighted by Gasteiger charge is -2.36. The Hall–Kier alpha value is -3.12. The van der Waals surface area contributed by atoms with Gasteiger partial charge in [-0.2, -0.15) is 0 Å². The first-order chi connectivity index (χ1) is 13.8. The number of para-hydroxylation sites is 1. The van der Waals surface area contributed by atoms with Crippen molar-refractivity contribution in [1.82, 2.24) is 19.9 Å². The summed E-state index contributed by atoms with van der Waals surface area (Å²) in [5, 5.41) is 0. The van der Waals surface area contributed by atoms with Gasteiger partial charge in [0.2, 0.25) is 0 Å². The second-order valence-corrected chi connectivity index (χ2v) is 7.15. The first-order valence-corrected chi connectivity index (χ1v) is 9.49. The number of imidazole rings is 1. The first kappa shape index (κ1) is 17.0. The maximum absolute atomic E-state index is 6.04. The summed E-state index contributed by atoms with van der Waals surface area (Å²) in [7, 11) is 1.67. The lowest BCUT2D eigenvalue weighted by Crippen LogP contribution is -2.38. The SMILES string of the molecule is COc1cccc2c1OCC(CN1CCc3[nH]cnc3C1c1cccnc1)=C2. The molecule has 1 N–H and O–H groups in total. The normalized spacial score (nSPS) is 18.6. The van der Waals surface area contributed by atoms with Crippen molar-refractivity contribution in [3.8, 4) is 11.5 Å². The Kier molecular flexibility index (Phi) is 4.33. The molecule has 2 aliphatic heterocycles. The molecule has 0 fully saturated rings. The molecule has 1 unspecified atom stereocenters. The van der Waals surface area contributed by atoms with E-state index in [0.717, 1.165) is 47.8 Å². The van der Waals surface area contributed by atoms with Crippen LogP contribution in [-0.2, 0) is 6.42 Å². The summed E-state index contributed by atoms with van der Waals surface area (Å²) >= 11 is 0. The Morgan fingerprint density at radius 2 is 2.25 bits per heavy atom. The number of nitrogens with zero attached hydrogens (tertiary/aromatic N) is 3. The van der Waals surface area contributed by atoms with Crippen molar-refractivity contribution in [2.45, 2.75) is 12.5 Å². The Morgan fingerprint density at radius 1 is 1.29 bits per heavy atom. The molecule has 0 aliphatic carbocycles. The predicted octanol–water partition coefficient (Wildman–Crippen LogP) is 3.24. The van der Waals surface area contributed by atoms with Crippen LogP contribution in [-0.4, -0.2) is 46.7 Å². The summed E-state index contributed by atoms with van der Waals surface area (Å²) in [6.07, 6.45) is 8.73. The minimum atomic E-state index is 0.0938. The first-order valence-electron chi connectivity index (χ1n) is 9.49. The number of pyridine rings is 1. The van der Waals surface area contributed by atoms with Crippen LogP contribution in [0.25, 0.3) is 6.08 Å². The quantitative estimate of drug-likeness (QED) is 0.760. The Bertz CT molecular complexity index is 1010. The summed E-state index contributed by atoms with van der Waals surface area (Å²) in [5.41, 5.74) is 5.78. The van der Waals surface area contributed by atoms with Crippen molar-refractivity contribution in [2.75, 3.05) is 26.8 Å². The van der Waals surface area contributed by atoms with E-state index in [-0.39, 0.29) is 6.04 Å². The molecule has 0 bridgehead atoms. The average Bonchev–Trinajstić information content (AvgIpc) is 3.22. The molecule has 6 nitrogen and oxygen atoms in total. The van der Waals surface area contributed by atoms with Crippen LogP contribution in [0.3, 0.4) is 0 Å². The molecule has 0 amide bonds. The molecule has 0 radical (unpaired) electrons. The van der Waals surface area contributed by atoms with E-state index < -0.39 is 0 Å². The van der Waals surface area contributed by atoms with Gasteiger partial charge in [0.25, 0.3) is 0 Å². The predicted molar refractivity (Wildman–Crippen MR) is 106 cm³/mol. The summed E-state index contributed by atoms with van der Waals surface area (Å²) < 4.78 is 11.5. The van der Waals surface area contributed by atoms with Gasteiger partial charge in [0.05, 0.1) is 25.2 Å².